The van der Waals surface area contributed by atoms with Crippen LogP contribution in [0.15, 0.2) is 60.7 Å². The van der Waals surface area contributed by atoms with Crippen molar-refractivity contribution in [1.29, 1.82) is 0 Å². The molecule has 0 spiro atoms. The summed E-state index contributed by atoms with van der Waals surface area (Å²) >= 11 is 0. The van der Waals surface area contributed by atoms with Crippen LogP contribution in [0.3, 0.4) is 0 Å². The molecule has 0 aliphatic heterocycles. The molecule has 0 fully saturated rings. The van der Waals surface area contributed by atoms with Gasteiger partial charge in [-0.1, -0.05) is 42.5 Å². The van der Waals surface area contributed by atoms with Crippen molar-refractivity contribution in [3.8, 4) is 5.75 Å². The van der Waals surface area contributed by atoms with Gasteiger partial charge in [-0.15, -0.1) is 0 Å². The van der Waals surface area contributed by atoms with Gasteiger partial charge in [-0.25, -0.2) is 4.98 Å². The molecule has 0 aliphatic carbocycles. The topological polar surface area (TPSA) is 59.1 Å². The Hall–Kier alpha value is -3.08. The Labute approximate surface area is 160 Å². The minimum Gasteiger partial charge on any atom is -0.497 e. The van der Waals surface area contributed by atoms with E-state index in [9.17, 15) is 0 Å². The lowest BCUT2D eigenvalue weighted by molar-refractivity contribution is 0.414. The smallest absolute Gasteiger partial charge is 0.225 e. The lowest BCUT2D eigenvalue weighted by atomic mass is 10.1. The second-order valence-corrected chi connectivity index (χ2v) is 6.52. The Kier molecular flexibility index (Phi) is 6.26. The van der Waals surface area contributed by atoms with Crippen LogP contribution >= 0.6 is 0 Å². The quantitative estimate of drug-likeness (QED) is 0.612. The van der Waals surface area contributed by atoms with Crippen molar-refractivity contribution in [3.63, 3.8) is 0 Å². The van der Waals surface area contributed by atoms with Gasteiger partial charge in [0.15, 0.2) is 0 Å². The molecule has 3 aromatic rings. The fourth-order valence-electron chi connectivity index (χ4n) is 2.87. The highest BCUT2D eigenvalue weighted by molar-refractivity contribution is 5.43. The average molecular weight is 362 g/mol. The van der Waals surface area contributed by atoms with Crippen LogP contribution in [0, 0.1) is 6.92 Å². The van der Waals surface area contributed by atoms with Crippen LogP contribution in [0.25, 0.3) is 0 Å². The van der Waals surface area contributed by atoms with Crippen LogP contribution < -0.4 is 15.4 Å². The van der Waals surface area contributed by atoms with Crippen molar-refractivity contribution in [2.24, 2.45) is 0 Å². The van der Waals surface area contributed by atoms with E-state index in [0.717, 1.165) is 30.2 Å². The van der Waals surface area contributed by atoms with E-state index in [-0.39, 0.29) is 6.04 Å². The van der Waals surface area contributed by atoms with Gasteiger partial charge in [-0.2, -0.15) is 4.98 Å². The number of nitrogens with zero attached hydrogens (tertiary/aromatic N) is 2. The van der Waals surface area contributed by atoms with Crippen LogP contribution in [-0.2, 0) is 6.42 Å². The standard InChI is InChI=1S/C22H26N4O/c1-16-15-21(23-14-13-18-9-11-20(27-3)12-10-18)26-22(24-16)25-17(2)19-7-5-4-6-8-19/h4-12,15,17H,13-14H2,1-3H3,(H2,23,24,25,26). The summed E-state index contributed by atoms with van der Waals surface area (Å²) in [4.78, 5) is 9.11. The zero-order valence-electron chi connectivity index (χ0n) is 16.1. The SMILES string of the molecule is COc1ccc(CCNc2cc(C)nc(NC(C)c3ccccc3)n2)cc1. The van der Waals surface area contributed by atoms with Gasteiger partial charge in [0.2, 0.25) is 5.95 Å². The van der Waals surface area contributed by atoms with Crippen molar-refractivity contribution in [2.45, 2.75) is 26.3 Å². The normalized spacial score (nSPS) is 11.7. The summed E-state index contributed by atoms with van der Waals surface area (Å²) in [6.45, 7) is 4.89. The van der Waals surface area contributed by atoms with Crippen molar-refractivity contribution < 1.29 is 4.74 Å². The minimum absolute atomic E-state index is 0.139. The first-order valence-electron chi connectivity index (χ1n) is 9.18. The molecule has 5 heteroatoms. The molecule has 3 rings (SSSR count). The maximum Gasteiger partial charge on any atom is 0.225 e. The predicted octanol–water partition coefficient (Wildman–Crippen LogP) is 4.62. The largest absolute Gasteiger partial charge is 0.497 e. The molecule has 5 nitrogen and oxygen atoms in total. The Balaban J connectivity index is 1.59. The Morgan fingerprint density at radius 3 is 2.44 bits per heavy atom. The molecule has 140 valence electrons. The van der Waals surface area contributed by atoms with Crippen LogP contribution in [0.2, 0.25) is 0 Å². The van der Waals surface area contributed by atoms with Crippen LogP contribution in [0.1, 0.15) is 29.8 Å². The van der Waals surface area contributed by atoms with Gasteiger partial charge in [-0.3, -0.25) is 0 Å². The highest BCUT2D eigenvalue weighted by Crippen LogP contribution is 2.18. The average Bonchev–Trinajstić information content (AvgIpc) is 2.69. The Bertz CT molecular complexity index is 850. The summed E-state index contributed by atoms with van der Waals surface area (Å²) in [6.07, 6.45) is 0.913. The second-order valence-electron chi connectivity index (χ2n) is 6.52. The molecule has 2 N–H and O–H groups in total. The first kappa shape index (κ1) is 18.7. The number of aryl methyl sites for hydroxylation is 1. The number of hydrogen-bond acceptors (Lipinski definition) is 5. The molecule has 2 aromatic carbocycles. The Morgan fingerprint density at radius 1 is 1.00 bits per heavy atom. The van der Waals surface area contributed by atoms with Gasteiger partial charge >= 0.3 is 0 Å². The molecule has 1 atom stereocenters. The van der Waals surface area contributed by atoms with E-state index in [1.54, 1.807) is 7.11 Å². The number of benzene rings is 2. The summed E-state index contributed by atoms with van der Waals surface area (Å²) in [5, 5.41) is 6.78. The summed E-state index contributed by atoms with van der Waals surface area (Å²) in [6, 6.07) is 20.5. The summed E-state index contributed by atoms with van der Waals surface area (Å²) in [5.74, 6) is 2.35. The molecule has 0 bridgehead atoms. The highest BCUT2D eigenvalue weighted by atomic mass is 16.5. The van der Waals surface area contributed by atoms with Crippen molar-refractivity contribution in [2.75, 3.05) is 24.3 Å². The Morgan fingerprint density at radius 2 is 1.74 bits per heavy atom. The van der Waals surface area contributed by atoms with Gasteiger partial charge in [0, 0.05) is 18.3 Å². The molecule has 1 aromatic heterocycles. The lowest BCUT2D eigenvalue weighted by Gasteiger charge is -2.15. The van der Waals surface area contributed by atoms with Gasteiger partial charge in [0.1, 0.15) is 11.6 Å². The van der Waals surface area contributed by atoms with Crippen molar-refractivity contribution >= 4 is 11.8 Å². The van der Waals surface area contributed by atoms with E-state index in [2.05, 4.69) is 51.8 Å². The third-order valence-corrected chi connectivity index (χ3v) is 4.38. The number of ether oxygens (including phenoxy) is 1. The maximum absolute atomic E-state index is 5.19. The fraction of sp³-hybridized carbons (Fsp3) is 0.273. The molecule has 27 heavy (non-hydrogen) atoms. The molecule has 0 saturated carbocycles. The van der Waals surface area contributed by atoms with E-state index in [4.69, 9.17) is 4.74 Å². The summed E-state index contributed by atoms with van der Waals surface area (Å²) in [7, 11) is 1.68. The van der Waals surface area contributed by atoms with Gasteiger partial charge < -0.3 is 15.4 Å². The third-order valence-electron chi connectivity index (χ3n) is 4.38. The number of rotatable bonds is 8. The molecule has 1 unspecified atom stereocenters. The first-order valence-corrected chi connectivity index (χ1v) is 9.18. The number of anilines is 2. The predicted molar refractivity (Wildman–Crippen MR) is 110 cm³/mol. The second kappa shape index (κ2) is 9.03. The van der Waals surface area contributed by atoms with Crippen LogP contribution in [-0.4, -0.2) is 23.6 Å². The van der Waals surface area contributed by atoms with Crippen LogP contribution in [0.4, 0.5) is 11.8 Å². The van der Waals surface area contributed by atoms with Gasteiger partial charge in [0.05, 0.1) is 13.2 Å². The molecule has 0 amide bonds. The molecule has 0 aliphatic rings. The molecule has 0 radical (unpaired) electrons. The molecule has 1 heterocycles. The zero-order valence-corrected chi connectivity index (χ0v) is 16.1. The van der Waals surface area contributed by atoms with Crippen molar-refractivity contribution in [1.82, 2.24) is 9.97 Å². The monoisotopic (exact) mass is 362 g/mol. The minimum atomic E-state index is 0.139. The fourth-order valence-corrected chi connectivity index (χ4v) is 2.87. The molecule has 0 saturated heterocycles. The van der Waals surface area contributed by atoms with E-state index in [1.807, 2.05) is 43.3 Å². The maximum atomic E-state index is 5.19. The third kappa shape index (κ3) is 5.45. The van der Waals surface area contributed by atoms with E-state index >= 15 is 0 Å². The number of methoxy groups -OCH3 is 1. The first-order chi connectivity index (χ1) is 13.1. The zero-order chi connectivity index (χ0) is 19.1. The number of hydrogen-bond donors (Lipinski definition) is 2. The van der Waals surface area contributed by atoms with E-state index in [1.165, 1.54) is 11.1 Å². The van der Waals surface area contributed by atoms with Gasteiger partial charge in [-0.05, 0) is 43.5 Å². The van der Waals surface area contributed by atoms with Crippen LogP contribution in [0.5, 0.6) is 5.75 Å². The summed E-state index contributed by atoms with van der Waals surface area (Å²) < 4.78 is 5.19. The number of nitrogens with one attached hydrogen (secondary N) is 2. The van der Waals surface area contributed by atoms with E-state index in [0.29, 0.717) is 5.95 Å². The van der Waals surface area contributed by atoms with Gasteiger partial charge in [0.25, 0.3) is 0 Å². The molecular weight excluding hydrogens is 336 g/mol. The summed E-state index contributed by atoms with van der Waals surface area (Å²) in [5.41, 5.74) is 3.39. The molecular formula is C22H26N4O. The lowest BCUT2D eigenvalue weighted by Crippen LogP contribution is -2.12. The number of aromatic nitrogens is 2. The van der Waals surface area contributed by atoms with Crippen molar-refractivity contribution in [3.05, 3.63) is 77.5 Å². The highest BCUT2D eigenvalue weighted by Gasteiger charge is 2.08. The van der Waals surface area contributed by atoms with E-state index < -0.39 is 0 Å².